The highest BCUT2D eigenvalue weighted by Crippen LogP contribution is 2.25. The van der Waals surface area contributed by atoms with E-state index in [1.54, 1.807) is 0 Å². The van der Waals surface area contributed by atoms with Crippen molar-refractivity contribution in [2.24, 2.45) is 5.92 Å². The summed E-state index contributed by atoms with van der Waals surface area (Å²) in [6.07, 6.45) is 3.53. The van der Waals surface area contributed by atoms with Crippen LogP contribution in [-0.2, 0) is 11.2 Å². The van der Waals surface area contributed by atoms with Crippen molar-refractivity contribution >= 4 is 5.69 Å². The van der Waals surface area contributed by atoms with Crippen LogP contribution in [0, 0.1) is 5.92 Å². The predicted molar refractivity (Wildman–Crippen MR) is 72.4 cm³/mol. The van der Waals surface area contributed by atoms with Gasteiger partial charge in [0.15, 0.2) is 0 Å². The molecule has 1 aliphatic rings. The molecule has 0 saturated carbocycles. The van der Waals surface area contributed by atoms with Crippen molar-refractivity contribution in [1.29, 1.82) is 0 Å². The summed E-state index contributed by atoms with van der Waals surface area (Å²) in [5.74, 6) is 0.634. The topological polar surface area (TPSA) is 21.3 Å². The van der Waals surface area contributed by atoms with Gasteiger partial charge in [-0.15, -0.1) is 0 Å². The van der Waals surface area contributed by atoms with Crippen molar-refractivity contribution < 1.29 is 4.74 Å². The van der Waals surface area contributed by atoms with E-state index >= 15 is 0 Å². The number of ether oxygens (including phenoxy) is 1. The smallest absolute Gasteiger partial charge is 0.0489 e. The van der Waals surface area contributed by atoms with Crippen molar-refractivity contribution in [3.8, 4) is 0 Å². The van der Waals surface area contributed by atoms with Crippen LogP contribution in [0.4, 0.5) is 5.69 Å². The molecule has 94 valence electrons. The van der Waals surface area contributed by atoms with Gasteiger partial charge in [0.25, 0.3) is 0 Å². The SMILES string of the molecule is CC(C)COCCC1CCc2ccccc2N1. The number of fused-ring (bicyclic) bond motifs is 1. The molecule has 2 heteroatoms. The molecule has 0 fully saturated rings. The summed E-state index contributed by atoms with van der Waals surface area (Å²) in [5.41, 5.74) is 2.76. The molecule has 1 aromatic rings. The standard InChI is InChI=1S/C15H23NO/c1-12(2)11-17-10-9-14-8-7-13-5-3-4-6-15(13)16-14/h3-6,12,14,16H,7-11H2,1-2H3. The van der Waals surface area contributed by atoms with E-state index < -0.39 is 0 Å². The summed E-state index contributed by atoms with van der Waals surface area (Å²) in [6, 6.07) is 9.19. The molecular weight excluding hydrogens is 210 g/mol. The van der Waals surface area contributed by atoms with E-state index in [1.165, 1.54) is 24.1 Å². The summed E-state index contributed by atoms with van der Waals surface area (Å²) in [5, 5.41) is 3.61. The van der Waals surface area contributed by atoms with Crippen molar-refractivity contribution in [2.45, 2.75) is 39.2 Å². The fourth-order valence-corrected chi connectivity index (χ4v) is 2.26. The Morgan fingerprint density at radius 1 is 1.35 bits per heavy atom. The van der Waals surface area contributed by atoms with Crippen LogP contribution in [0.1, 0.15) is 32.3 Å². The average Bonchev–Trinajstić information content (AvgIpc) is 2.34. The molecule has 0 saturated heterocycles. The van der Waals surface area contributed by atoms with Crippen molar-refractivity contribution in [3.63, 3.8) is 0 Å². The summed E-state index contributed by atoms with van der Waals surface area (Å²) in [7, 11) is 0. The molecular formula is C15H23NO. The maximum atomic E-state index is 5.65. The third-order valence-electron chi connectivity index (χ3n) is 3.20. The largest absolute Gasteiger partial charge is 0.382 e. The zero-order valence-corrected chi connectivity index (χ0v) is 10.9. The maximum Gasteiger partial charge on any atom is 0.0489 e. The van der Waals surface area contributed by atoms with E-state index in [4.69, 9.17) is 4.74 Å². The Morgan fingerprint density at radius 3 is 3.00 bits per heavy atom. The van der Waals surface area contributed by atoms with Crippen molar-refractivity contribution in [1.82, 2.24) is 0 Å². The first-order valence-electron chi connectivity index (χ1n) is 6.68. The lowest BCUT2D eigenvalue weighted by Gasteiger charge is -2.27. The van der Waals surface area contributed by atoms with Crippen LogP contribution < -0.4 is 5.32 Å². The third kappa shape index (κ3) is 3.74. The Hall–Kier alpha value is -1.02. The fraction of sp³-hybridized carbons (Fsp3) is 0.600. The number of hydrogen-bond acceptors (Lipinski definition) is 2. The first-order chi connectivity index (χ1) is 8.25. The Morgan fingerprint density at radius 2 is 2.18 bits per heavy atom. The fourth-order valence-electron chi connectivity index (χ4n) is 2.26. The summed E-state index contributed by atoms with van der Waals surface area (Å²) < 4.78 is 5.65. The van der Waals surface area contributed by atoms with E-state index in [9.17, 15) is 0 Å². The third-order valence-corrected chi connectivity index (χ3v) is 3.20. The predicted octanol–water partition coefficient (Wildman–Crippen LogP) is 3.48. The molecule has 17 heavy (non-hydrogen) atoms. The first kappa shape index (κ1) is 12.4. The van der Waals surface area contributed by atoms with Gasteiger partial charge in [-0.3, -0.25) is 0 Å². The second kappa shape index (κ2) is 6.06. The van der Waals surface area contributed by atoms with Gasteiger partial charge in [0.05, 0.1) is 0 Å². The lowest BCUT2D eigenvalue weighted by molar-refractivity contribution is 0.104. The van der Waals surface area contributed by atoms with Gasteiger partial charge in [-0.1, -0.05) is 32.0 Å². The molecule has 1 aromatic carbocycles. The Labute approximate surface area is 104 Å². The van der Waals surface area contributed by atoms with Crippen LogP contribution >= 0.6 is 0 Å². The molecule has 2 rings (SSSR count). The highest BCUT2D eigenvalue weighted by molar-refractivity contribution is 5.53. The normalized spacial score (nSPS) is 18.9. The molecule has 1 atom stereocenters. The van der Waals surface area contributed by atoms with Gasteiger partial charge in [-0.25, -0.2) is 0 Å². The zero-order valence-electron chi connectivity index (χ0n) is 10.9. The minimum atomic E-state index is 0.581. The monoisotopic (exact) mass is 233 g/mol. The molecule has 2 nitrogen and oxygen atoms in total. The number of rotatable bonds is 5. The molecule has 0 bridgehead atoms. The van der Waals surface area contributed by atoms with E-state index in [0.29, 0.717) is 12.0 Å². The van der Waals surface area contributed by atoms with Crippen LogP contribution in [0.5, 0.6) is 0 Å². The molecule has 1 unspecified atom stereocenters. The van der Waals surface area contributed by atoms with Crippen LogP contribution in [0.3, 0.4) is 0 Å². The van der Waals surface area contributed by atoms with Gasteiger partial charge >= 0.3 is 0 Å². The van der Waals surface area contributed by atoms with Crippen LogP contribution in [-0.4, -0.2) is 19.3 Å². The van der Waals surface area contributed by atoms with Gasteiger partial charge in [0, 0.05) is 24.9 Å². The molecule has 0 aliphatic carbocycles. The molecule has 1 aliphatic heterocycles. The Kier molecular flexibility index (Phi) is 4.43. The summed E-state index contributed by atoms with van der Waals surface area (Å²) in [6.45, 7) is 6.13. The number of aryl methyl sites for hydroxylation is 1. The van der Waals surface area contributed by atoms with Crippen LogP contribution in [0.2, 0.25) is 0 Å². The van der Waals surface area contributed by atoms with Crippen LogP contribution in [0.15, 0.2) is 24.3 Å². The Balaban J connectivity index is 1.75. The van der Waals surface area contributed by atoms with E-state index in [1.807, 2.05) is 0 Å². The molecule has 1 heterocycles. The second-order valence-corrected chi connectivity index (χ2v) is 5.29. The van der Waals surface area contributed by atoms with Gasteiger partial charge in [0.1, 0.15) is 0 Å². The number of hydrogen-bond donors (Lipinski definition) is 1. The first-order valence-corrected chi connectivity index (χ1v) is 6.68. The number of para-hydroxylation sites is 1. The van der Waals surface area contributed by atoms with E-state index in [2.05, 4.69) is 43.4 Å². The molecule has 0 aromatic heterocycles. The quantitative estimate of drug-likeness (QED) is 0.786. The molecule has 0 amide bonds. The number of nitrogens with one attached hydrogen (secondary N) is 1. The minimum absolute atomic E-state index is 0.581. The zero-order chi connectivity index (χ0) is 12.1. The van der Waals surface area contributed by atoms with Crippen LogP contribution in [0.25, 0.3) is 0 Å². The highest BCUT2D eigenvalue weighted by Gasteiger charge is 2.16. The van der Waals surface area contributed by atoms with Gasteiger partial charge in [0.2, 0.25) is 0 Å². The van der Waals surface area contributed by atoms with Gasteiger partial charge < -0.3 is 10.1 Å². The summed E-state index contributed by atoms with van der Waals surface area (Å²) in [4.78, 5) is 0. The lowest BCUT2D eigenvalue weighted by Crippen LogP contribution is -2.27. The van der Waals surface area contributed by atoms with Crippen molar-refractivity contribution in [2.75, 3.05) is 18.5 Å². The maximum absolute atomic E-state index is 5.65. The van der Waals surface area contributed by atoms with E-state index in [0.717, 1.165) is 19.6 Å². The van der Waals surface area contributed by atoms with E-state index in [-0.39, 0.29) is 0 Å². The average molecular weight is 233 g/mol. The molecule has 0 spiro atoms. The van der Waals surface area contributed by atoms with Gasteiger partial charge in [-0.2, -0.15) is 0 Å². The Bertz CT molecular complexity index is 349. The second-order valence-electron chi connectivity index (χ2n) is 5.29. The number of benzene rings is 1. The highest BCUT2D eigenvalue weighted by atomic mass is 16.5. The number of anilines is 1. The molecule has 0 radical (unpaired) electrons. The lowest BCUT2D eigenvalue weighted by atomic mass is 9.96. The minimum Gasteiger partial charge on any atom is -0.382 e. The summed E-state index contributed by atoms with van der Waals surface area (Å²) >= 11 is 0. The molecule has 1 N–H and O–H groups in total. The van der Waals surface area contributed by atoms with Crippen molar-refractivity contribution in [3.05, 3.63) is 29.8 Å². The van der Waals surface area contributed by atoms with Gasteiger partial charge in [-0.05, 0) is 36.8 Å².